The second kappa shape index (κ2) is 8.57. The number of unbranched alkanes of at least 4 members (excludes halogenated alkanes) is 1. The van der Waals surface area contributed by atoms with Crippen molar-refractivity contribution >= 4 is 17.5 Å². The van der Waals surface area contributed by atoms with E-state index in [0.29, 0.717) is 0 Å². The molecule has 1 aliphatic carbocycles. The highest BCUT2D eigenvalue weighted by Gasteiger charge is 2.22. The van der Waals surface area contributed by atoms with Gasteiger partial charge in [-0.2, -0.15) is 0 Å². The Morgan fingerprint density at radius 1 is 1.14 bits per heavy atom. The van der Waals surface area contributed by atoms with Crippen molar-refractivity contribution in [3.05, 3.63) is 29.8 Å². The van der Waals surface area contributed by atoms with Crippen LogP contribution in [0.15, 0.2) is 24.3 Å². The van der Waals surface area contributed by atoms with E-state index < -0.39 is 0 Å². The highest BCUT2D eigenvalue weighted by atomic mass is 16.2. The fourth-order valence-corrected chi connectivity index (χ4v) is 2.84. The van der Waals surface area contributed by atoms with Gasteiger partial charge in [0.2, 0.25) is 11.8 Å². The fourth-order valence-electron chi connectivity index (χ4n) is 2.84. The molecule has 0 aromatic heterocycles. The van der Waals surface area contributed by atoms with Gasteiger partial charge in [-0.05, 0) is 43.4 Å². The van der Waals surface area contributed by atoms with E-state index >= 15 is 0 Å². The first-order valence-corrected chi connectivity index (χ1v) is 8.35. The van der Waals surface area contributed by atoms with E-state index in [1.807, 2.05) is 24.3 Å². The number of hydrogen-bond acceptors (Lipinski definition) is 2. The van der Waals surface area contributed by atoms with E-state index in [9.17, 15) is 9.59 Å². The van der Waals surface area contributed by atoms with Crippen molar-refractivity contribution in [1.29, 1.82) is 0 Å². The van der Waals surface area contributed by atoms with Crippen LogP contribution >= 0.6 is 0 Å². The van der Waals surface area contributed by atoms with Crippen molar-refractivity contribution in [2.75, 3.05) is 11.9 Å². The lowest BCUT2D eigenvalue weighted by Gasteiger charge is -2.11. The molecule has 0 saturated heterocycles. The van der Waals surface area contributed by atoms with Crippen LogP contribution in [0.5, 0.6) is 0 Å². The molecule has 0 aliphatic heterocycles. The monoisotopic (exact) mass is 302 g/mol. The number of benzene rings is 1. The normalized spacial score (nSPS) is 14.8. The van der Waals surface area contributed by atoms with Gasteiger partial charge in [-0.25, -0.2) is 0 Å². The minimum absolute atomic E-state index is 0.0163. The largest absolute Gasteiger partial charge is 0.347 e. The van der Waals surface area contributed by atoms with Crippen LogP contribution in [0.4, 0.5) is 5.69 Å². The van der Waals surface area contributed by atoms with E-state index in [1.54, 1.807) is 0 Å². The number of aryl methyl sites for hydroxylation is 1. The summed E-state index contributed by atoms with van der Waals surface area (Å²) >= 11 is 0. The summed E-state index contributed by atoms with van der Waals surface area (Å²) in [6.45, 7) is 2.22. The van der Waals surface area contributed by atoms with Gasteiger partial charge in [0.15, 0.2) is 0 Å². The average Bonchev–Trinajstić information content (AvgIpc) is 3.06. The van der Waals surface area contributed by atoms with Crippen molar-refractivity contribution in [1.82, 2.24) is 5.32 Å². The maximum atomic E-state index is 11.9. The molecule has 0 unspecified atom stereocenters. The summed E-state index contributed by atoms with van der Waals surface area (Å²) in [5, 5.41) is 5.55. The second-order valence-corrected chi connectivity index (χ2v) is 6.05. The average molecular weight is 302 g/mol. The SMILES string of the molecule is CCCCc1ccc(NC(=O)CNC(=O)C2CCCC2)cc1. The molecule has 120 valence electrons. The van der Waals surface area contributed by atoms with Crippen LogP contribution in [0.1, 0.15) is 51.0 Å². The Hall–Kier alpha value is -1.84. The number of nitrogens with one attached hydrogen (secondary N) is 2. The molecule has 4 nitrogen and oxygen atoms in total. The van der Waals surface area contributed by atoms with E-state index in [0.717, 1.165) is 37.8 Å². The first-order valence-electron chi connectivity index (χ1n) is 8.35. The number of amides is 2. The molecule has 0 heterocycles. The first kappa shape index (κ1) is 16.5. The smallest absolute Gasteiger partial charge is 0.243 e. The molecule has 1 aromatic rings. The van der Waals surface area contributed by atoms with Gasteiger partial charge in [-0.1, -0.05) is 38.3 Å². The van der Waals surface area contributed by atoms with Gasteiger partial charge in [-0.15, -0.1) is 0 Å². The zero-order chi connectivity index (χ0) is 15.8. The van der Waals surface area contributed by atoms with Gasteiger partial charge >= 0.3 is 0 Å². The molecule has 0 spiro atoms. The third-order valence-corrected chi connectivity index (χ3v) is 4.21. The third-order valence-electron chi connectivity index (χ3n) is 4.21. The van der Waals surface area contributed by atoms with Gasteiger partial charge < -0.3 is 10.6 Å². The quantitative estimate of drug-likeness (QED) is 0.812. The molecule has 0 atom stereocenters. The predicted octanol–water partition coefficient (Wildman–Crippen LogP) is 3.27. The van der Waals surface area contributed by atoms with Gasteiger partial charge in [-0.3, -0.25) is 9.59 Å². The summed E-state index contributed by atoms with van der Waals surface area (Å²) < 4.78 is 0. The maximum absolute atomic E-state index is 11.9. The number of carbonyl (C=O) groups excluding carboxylic acids is 2. The predicted molar refractivity (Wildman–Crippen MR) is 88.7 cm³/mol. The lowest BCUT2D eigenvalue weighted by Crippen LogP contribution is -2.36. The van der Waals surface area contributed by atoms with Gasteiger partial charge in [0.05, 0.1) is 6.54 Å². The Labute approximate surface area is 132 Å². The van der Waals surface area contributed by atoms with E-state index in [-0.39, 0.29) is 24.3 Å². The minimum atomic E-state index is -0.173. The zero-order valence-corrected chi connectivity index (χ0v) is 13.4. The highest BCUT2D eigenvalue weighted by Crippen LogP contribution is 2.24. The molecule has 1 fully saturated rings. The number of hydrogen-bond donors (Lipinski definition) is 2. The fraction of sp³-hybridized carbons (Fsp3) is 0.556. The maximum Gasteiger partial charge on any atom is 0.243 e. The van der Waals surface area contributed by atoms with E-state index in [4.69, 9.17) is 0 Å². The molecular weight excluding hydrogens is 276 g/mol. The Bertz CT molecular complexity index is 490. The molecule has 1 saturated carbocycles. The van der Waals surface area contributed by atoms with Gasteiger partial charge in [0, 0.05) is 11.6 Å². The number of anilines is 1. The van der Waals surface area contributed by atoms with Crippen molar-refractivity contribution in [2.45, 2.75) is 51.9 Å². The van der Waals surface area contributed by atoms with E-state index in [2.05, 4.69) is 17.6 Å². The molecule has 1 aliphatic rings. The van der Waals surface area contributed by atoms with Crippen molar-refractivity contribution in [3.8, 4) is 0 Å². The zero-order valence-electron chi connectivity index (χ0n) is 13.4. The molecule has 2 amide bonds. The second-order valence-electron chi connectivity index (χ2n) is 6.05. The molecule has 4 heteroatoms. The molecular formula is C18H26N2O2. The van der Waals surface area contributed by atoms with Crippen LogP contribution in [0.2, 0.25) is 0 Å². The lowest BCUT2D eigenvalue weighted by atomic mass is 10.1. The summed E-state index contributed by atoms with van der Waals surface area (Å²) in [7, 11) is 0. The summed E-state index contributed by atoms with van der Waals surface area (Å²) in [6.07, 6.45) is 7.57. The molecule has 2 N–H and O–H groups in total. The Morgan fingerprint density at radius 2 is 1.82 bits per heavy atom. The molecule has 22 heavy (non-hydrogen) atoms. The summed E-state index contributed by atoms with van der Waals surface area (Å²) in [5.41, 5.74) is 2.06. The van der Waals surface area contributed by atoms with Crippen LogP contribution in [0.3, 0.4) is 0 Å². The van der Waals surface area contributed by atoms with Crippen molar-refractivity contribution < 1.29 is 9.59 Å². The summed E-state index contributed by atoms with van der Waals surface area (Å²) in [4.78, 5) is 23.7. The molecule has 0 bridgehead atoms. The Kier molecular flexibility index (Phi) is 6.44. The van der Waals surface area contributed by atoms with Crippen LogP contribution in [0.25, 0.3) is 0 Å². The Morgan fingerprint density at radius 3 is 2.45 bits per heavy atom. The summed E-state index contributed by atoms with van der Waals surface area (Å²) in [6, 6.07) is 7.92. The van der Waals surface area contributed by atoms with Crippen LogP contribution in [0, 0.1) is 5.92 Å². The van der Waals surface area contributed by atoms with E-state index in [1.165, 1.54) is 18.4 Å². The van der Waals surface area contributed by atoms with Crippen LogP contribution in [-0.2, 0) is 16.0 Å². The first-order chi connectivity index (χ1) is 10.7. The van der Waals surface area contributed by atoms with Crippen LogP contribution in [-0.4, -0.2) is 18.4 Å². The molecule has 0 radical (unpaired) electrons. The summed E-state index contributed by atoms with van der Waals surface area (Å²) in [5.74, 6) is -0.0548. The van der Waals surface area contributed by atoms with Crippen molar-refractivity contribution in [3.63, 3.8) is 0 Å². The van der Waals surface area contributed by atoms with Crippen molar-refractivity contribution in [2.24, 2.45) is 5.92 Å². The number of rotatable bonds is 7. The van der Waals surface area contributed by atoms with Crippen LogP contribution < -0.4 is 10.6 Å². The third kappa shape index (κ3) is 5.17. The molecule has 1 aromatic carbocycles. The topological polar surface area (TPSA) is 58.2 Å². The number of carbonyl (C=O) groups is 2. The lowest BCUT2D eigenvalue weighted by molar-refractivity contribution is -0.127. The molecule has 2 rings (SSSR count). The minimum Gasteiger partial charge on any atom is -0.347 e. The van der Waals surface area contributed by atoms with Gasteiger partial charge in [0.1, 0.15) is 0 Å². The van der Waals surface area contributed by atoms with Gasteiger partial charge in [0.25, 0.3) is 0 Å². The standard InChI is InChI=1S/C18H26N2O2/c1-2-3-6-14-9-11-16(12-10-14)20-17(21)13-19-18(22)15-7-4-5-8-15/h9-12,15H,2-8,13H2,1H3,(H,19,22)(H,20,21). The highest BCUT2D eigenvalue weighted by molar-refractivity contribution is 5.94. The Balaban J connectivity index is 1.73.